The fourth-order valence-corrected chi connectivity index (χ4v) is 2.53. The van der Waals surface area contributed by atoms with E-state index in [0.29, 0.717) is 12.1 Å². The van der Waals surface area contributed by atoms with Crippen molar-refractivity contribution in [1.82, 2.24) is 4.57 Å². The molecular formula is C17H10F6N2O3. The summed E-state index contributed by atoms with van der Waals surface area (Å²) in [5.41, 5.74) is -3.40. The maximum Gasteiger partial charge on any atom is 0.420 e. The van der Waals surface area contributed by atoms with E-state index in [-0.39, 0.29) is 17.2 Å². The van der Waals surface area contributed by atoms with Crippen LogP contribution in [0, 0.1) is 0 Å². The van der Waals surface area contributed by atoms with Crippen molar-refractivity contribution in [1.29, 1.82) is 0 Å². The summed E-state index contributed by atoms with van der Waals surface area (Å²) in [7, 11) is 0. The van der Waals surface area contributed by atoms with Crippen molar-refractivity contribution in [3.8, 4) is 0 Å². The Kier molecular flexibility index (Phi) is 4.69. The summed E-state index contributed by atoms with van der Waals surface area (Å²) in [5.74, 6) is -1.89. The van der Waals surface area contributed by atoms with Crippen LogP contribution in [0.15, 0.2) is 51.7 Å². The lowest BCUT2D eigenvalue weighted by Gasteiger charge is -2.14. The zero-order chi connectivity index (χ0) is 20.7. The predicted molar refractivity (Wildman–Crippen MR) is 85.5 cm³/mol. The minimum absolute atomic E-state index is 0.0518. The highest BCUT2D eigenvalue weighted by Gasteiger charge is 2.37. The molecular weight excluding hydrogens is 394 g/mol. The first kappa shape index (κ1) is 19.5. The standard InChI is InChI=1S/C17H10F6N2O3/c18-16(19,20)9-5-10(17(21,22)23)7-11(6-9)24-14(26)8-25-12-3-1-2-4-13(12)28-15(25)27/h1-7H,8H2,(H,24,26). The van der Waals surface area contributed by atoms with Gasteiger partial charge in [0.15, 0.2) is 5.58 Å². The summed E-state index contributed by atoms with van der Waals surface area (Å²) in [6.07, 6.45) is -10.1. The zero-order valence-corrected chi connectivity index (χ0v) is 13.7. The molecule has 0 saturated heterocycles. The van der Waals surface area contributed by atoms with Gasteiger partial charge < -0.3 is 9.73 Å². The minimum Gasteiger partial charge on any atom is -0.408 e. The quantitative estimate of drug-likeness (QED) is 0.664. The molecule has 0 saturated carbocycles. The number of hydrogen-bond donors (Lipinski definition) is 1. The fourth-order valence-electron chi connectivity index (χ4n) is 2.53. The van der Waals surface area contributed by atoms with Crippen molar-refractivity contribution in [3.05, 3.63) is 64.1 Å². The normalized spacial score (nSPS) is 12.4. The highest BCUT2D eigenvalue weighted by Crippen LogP contribution is 2.37. The molecule has 0 bridgehead atoms. The average Bonchev–Trinajstić information content (AvgIpc) is 2.88. The van der Waals surface area contributed by atoms with Crippen LogP contribution < -0.4 is 11.1 Å². The van der Waals surface area contributed by atoms with E-state index >= 15 is 0 Å². The highest BCUT2D eigenvalue weighted by molar-refractivity contribution is 5.91. The number of nitrogens with one attached hydrogen (secondary N) is 1. The van der Waals surface area contributed by atoms with Gasteiger partial charge in [0.1, 0.15) is 6.54 Å². The Labute approximate surface area is 152 Å². The van der Waals surface area contributed by atoms with E-state index < -0.39 is 47.4 Å². The van der Waals surface area contributed by atoms with Crippen molar-refractivity contribution in [2.75, 3.05) is 5.32 Å². The third kappa shape index (κ3) is 4.02. The molecule has 148 valence electrons. The van der Waals surface area contributed by atoms with Crippen molar-refractivity contribution >= 4 is 22.7 Å². The minimum atomic E-state index is -5.04. The molecule has 3 aromatic rings. The van der Waals surface area contributed by atoms with Gasteiger partial charge in [-0.15, -0.1) is 0 Å². The topological polar surface area (TPSA) is 64.2 Å². The number of benzene rings is 2. The summed E-state index contributed by atoms with van der Waals surface area (Å²) < 4.78 is 83.0. The Bertz CT molecular complexity index is 1060. The molecule has 0 radical (unpaired) electrons. The summed E-state index contributed by atoms with van der Waals surface area (Å²) in [4.78, 5) is 23.9. The maximum atomic E-state index is 12.9. The van der Waals surface area contributed by atoms with Crippen LogP contribution >= 0.6 is 0 Å². The molecule has 0 unspecified atom stereocenters. The number of para-hydroxylation sites is 2. The van der Waals surface area contributed by atoms with E-state index in [0.717, 1.165) is 4.57 Å². The lowest BCUT2D eigenvalue weighted by atomic mass is 10.1. The van der Waals surface area contributed by atoms with Crippen molar-refractivity contribution < 1.29 is 35.6 Å². The molecule has 11 heteroatoms. The first-order valence-corrected chi connectivity index (χ1v) is 7.63. The van der Waals surface area contributed by atoms with Gasteiger partial charge in [0.2, 0.25) is 5.91 Å². The summed E-state index contributed by atoms with van der Waals surface area (Å²) in [5, 5.41) is 1.96. The largest absolute Gasteiger partial charge is 0.420 e. The molecule has 28 heavy (non-hydrogen) atoms. The van der Waals surface area contributed by atoms with Crippen molar-refractivity contribution in [3.63, 3.8) is 0 Å². The molecule has 0 atom stereocenters. The monoisotopic (exact) mass is 404 g/mol. The number of anilines is 1. The van der Waals surface area contributed by atoms with Crippen molar-refractivity contribution in [2.24, 2.45) is 0 Å². The van der Waals surface area contributed by atoms with Gasteiger partial charge in [0.25, 0.3) is 0 Å². The summed E-state index contributed by atoms with van der Waals surface area (Å²) in [6.45, 7) is -0.659. The number of fused-ring (bicyclic) bond motifs is 1. The van der Waals surface area contributed by atoms with Crippen LogP contribution in [0.2, 0.25) is 0 Å². The number of carbonyl (C=O) groups excluding carboxylic acids is 1. The molecule has 0 aliphatic carbocycles. The second kappa shape index (κ2) is 6.73. The highest BCUT2D eigenvalue weighted by atomic mass is 19.4. The van der Waals surface area contributed by atoms with Gasteiger partial charge in [-0.3, -0.25) is 9.36 Å². The molecule has 0 aliphatic rings. The molecule has 1 amide bonds. The molecule has 1 N–H and O–H groups in total. The first-order valence-electron chi connectivity index (χ1n) is 7.63. The number of amides is 1. The van der Waals surface area contributed by atoms with Gasteiger partial charge in [-0.05, 0) is 30.3 Å². The van der Waals surface area contributed by atoms with Crippen LogP contribution in [0.4, 0.5) is 32.0 Å². The molecule has 5 nitrogen and oxygen atoms in total. The lowest BCUT2D eigenvalue weighted by molar-refractivity contribution is -0.143. The van der Waals surface area contributed by atoms with Crippen LogP contribution in [0.5, 0.6) is 0 Å². The second-order valence-electron chi connectivity index (χ2n) is 5.76. The third-order valence-corrected chi connectivity index (χ3v) is 3.75. The van der Waals surface area contributed by atoms with E-state index in [1.165, 1.54) is 12.1 Å². The number of nitrogens with zero attached hydrogens (tertiary/aromatic N) is 1. The number of rotatable bonds is 3. The number of carbonyl (C=O) groups is 1. The van der Waals surface area contributed by atoms with Gasteiger partial charge in [-0.2, -0.15) is 26.3 Å². The van der Waals surface area contributed by atoms with Gasteiger partial charge in [-0.25, -0.2) is 4.79 Å². The average molecular weight is 404 g/mol. The fraction of sp³-hybridized carbons (Fsp3) is 0.176. The molecule has 0 aliphatic heterocycles. The molecule has 3 rings (SSSR count). The Morgan fingerprint density at radius 1 is 0.964 bits per heavy atom. The van der Waals surface area contributed by atoms with E-state index in [1.54, 1.807) is 12.1 Å². The first-order chi connectivity index (χ1) is 12.9. The predicted octanol–water partition coefficient (Wildman–Crippen LogP) is 4.27. The number of oxazole rings is 1. The number of aromatic nitrogens is 1. The lowest BCUT2D eigenvalue weighted by Crippen LogP contribution is -2.25. The van der Waals surface area contributed by atoms with Gasteiger partial charge in [0, 0.05) is 5.69 Å². The van der Waals surface area contributed by atoms with Crippen LogP contribution in [-0.4, -0.2) is 10.5 Å². The smallest absolute Gasteiger partial charge is 0.408 e. The van der Waals surface area contributed by atoms with Crippen molar-refractivity contribution in [2.45, 2.75) is 18.9 Å². The van der Waals surface area contributed by atoms with E-state index in [4.69, 9.17) is 4.42 Å². The molecule has 2 aromatic carbocycles. The molecule has 1 heterocycles. The Hall–Kier alpha value is -3.24. The number of halogens is 6. The van der Waals surface area contributed by atoms with Gasteiger partial charge in [-0.1, -0.05) is 12.1 Å². The van der Waals surface area contributed by atoms with E-state index in [2.05, 4.69) is 0 Å². The summed E-state index contributed by atoms with van der Waals surface area (Å²) in [6, 6.07) is 6.79. The van der Waals surface area contributed by atoms with E-state index in [9.17, 15) is 35.9 Å². The Morgan fingerprint density at radius 2 is 1.54 bits per heavy atom. The van der Waals surface area contributed by atoms with E-state index in [1.807, 2.05) is 5.32 Å². The number of alkyl halides is 6. The molecule has 1 aromatic heterocycles. The van der Waals surface area contributed by atoms with Gasteiger partial charge in [0.05, 0.1) is 16.6 Å². The summed E-state index contributed by atoms with van der Waals surface area (Å²) >= 11 is 0. The van der Waals surface area contributed by atoms with Crippen LogP contribution in [0.1, 0.15) is 11.1 Å². The SMILES string of the molecule is O=C(Cn1c(=O)oc2ccccc21)Nc1cc(C(F)(F)F)cc(C(F)(F)F)c1. The third-order valence-electron chi connectivity index (χ3n) is 3.75. The molecule has 0 spiro atoms. The van der Waals surface area contributed by atoms with Crippen LogP contribution in [0.25, 0.3) is 11.1 Å². The zero-order valence-electron chi connectivity index (χ0n) is 13.7. The van der Waals surface area contributed by atoms with Gasteiger partial charge >= 0.3 is 18.1 Å². The van der Waals surface area contributed by atoms with Crippen LogP contribution in [0.3, 0.4) is 0 Å². The second-order valence-corrected chi connectivity index (χ2v) is 5.76. The Morgan fingerprint density at radius 3 is 2.11 bits per heavy atom. The Balaban J connectivity index is 1.91. The molecule has 0 fully saturated rings. The number of hydrogen-bond acceptors (Lipinski definition) is 3. The van der Waals surface area contributed by atoms with Crippen LogP contribution in [-0.2, 0) is 23.7 Å². The maximum absolute atomic E-state index is 12.9.